The highest BCUT2D eigenvalue weighted by atomic mass is 19.1. The van der Waals surface area contributed by atoms with E-state index < -0.39 is 35.2 Å². The Morgan fingerprint density at radius 2 is 1.93 bits per heavy atom. The fourth-order valence-corrected chi connectivity index (χ4v) is 2.95. The molecule has 1 amide bonds. The molecule has 27 heavy (non-hydrogen) atoms. The van der Waals surface area contributed by atoms with Crippen molar-refractivity contribution >= 4 is 22.8 Å². The Bertz CT molecular complexity index is 1060. The molecule has 1 aromatic heterocycles. The van der Waals surface area contributed by atoms with Gasteiger partial charge in [-0.2, -0.15) is 5.10 Å². The van der Waals surface area contributed by atoms with Gasteiger partial charge >= 0.3 is 5.97 Å². The number of nitrogens with two attached hydrogens (primary N) is 1. The largest absolute Gasteiger partial charge is 0.478 e. The van der Waals surface area contributed by atoms with Crippen LogP contribution in [0.4, 0.5) is 8.78 Å². The van der Waals surface area contributed by atoms with Crippen LogP contribution in [0.5, 0.6) is 0 Å². The first-order chi connectivity index (χ1) is 12.7. The third kappa shape index (κ3) is 3.24. The quantitative estimate of drug-likeness (QED) is 0.713. The number of likely N-dealkylation sites (N-methyl/N-ethyl adjacent to an activating group) is 1. The molecule has 0 aliphatic carbocycles. The minimum absolute atomic E-state index is 0.161. The number of halogens is 2. The second-order valence-corrected chi connectivity index (χ2v) is 6.20. The lowest BCUT2D eigenvalue weighted by Gasteiger charge is -2.22. The fourth-order valence-electron chi connectivity index (χ4n) is 2.95. The molecule has 1 unspecified atom stereocenters. The van der Waals surface area contributed by atoms with Crippen LogP contribution in [0.2, 0.25) is 0 Å². The van der Waals surface area contributed by atoms with Crippen molar-refractivity contribution in [3.8, 4) is 11.3 Å². The molecular weight excluding hydrogens is 358 g/mol. The van der Waals surface area contributed by atoms with Crippen LogP contribution in [0.15, 0.2) is 36.4 Å². The third-order valence-electron chi connectivity index (χ3n) is 4.10. The lowest BCUT2D eigenvalue weighted by atomic mass is 10.0. The van der Waals surface area contributed by atoms with Gasteiger partial charge in [0.05, 0.1) is 11.1 Å². The number of aromatic nitrogens is 2. The summed E-state index contributed by atoms with van der Waals surface area (Å²) in [5.74, 6) is -3.69. The van der Waals surface area contributed by atoms with E-state index in [1.54, 1.807) is 20.2 Å². The molecule has 7 nitrogen and oxygen atoms in total. The molecular formula is C18H16F2N4O3. The molecule has 0 saturated carbocycles. The van der Waals surface area contributed by atoms with Gasteiger partial charge in [-0.1, -0.05) is 12.1 Å². The van der Waals surface area contributed by atoms with Crippen molar-refractivity contribution in [1.29, 1.82) is 0 Å². The number of rotatable bonds is 5. The molecule has 9 heteroatoms. The summed E-state index contributed by atoms with van der Waals surface area (Å²) in [5, 5.41) is 13.8. The van der Waals surface area contributed by atoms with Crippen molar-refractivity contribution in [3.63, 3.8) is 0 Å². The summed E-state index contributed by atoms with van der Waals surface area (Å²) in [6, 6.07) is 7.60. The van der Waals surface area contributed by atoms with Gasteiger partial charge in [0.15, 0.2) is 6.17 Å². The zero-order valence-electron chi connectivity index (χ0n) is 14.5. The van der Waals surface area contributed by atoms with Crippen LogP contribution in [0.3, 0.4) is 0 Å². The number of hydrogen-bond donors (Lipinski definition) is 2. The van der Waals surface area contributed by atoms with E-state index >= 15 is 0 Å². The first kappa shape index (κ1) is 18.5. The number of aromatic carboxylic acids is 1. The van der Waals surface area contributed by atoms with E-state index in [0.29, 0.717) is 5.56 Å². The summed E-state index contributed by atoms with van der Waals surface area (Å²) in [6.07, 6.45) is -1.05. The van der Waals surface area contributed by atoms with E-state index in [-0.39, 0.29) is 16.6 Å². The lowest BCUT2D eigenvalue weighted by molar-refractivity contribution is -0.125. The van der Waals surface area contributed by atoms with E-state index in [0.717, 1.165) is 12.1 Å². The zero-order valence-corrected chi connectivity index (χ0v) is 14.5. The summed E-state index contributed by atoms with van der Waals surface area (Å²) in [4.78, 5) is 24.7. The first-order valence-corrected chi connectivity index (χ1v) is 7.87. The number of carbonyl (C=O) groups excluding carboxylic acids is 1. The minimum atomic E-state index is -1.45. The number of nitrogens with zero attached hydrogens (tertiary/aromatic N) is 3. The number of carboxylic acid groups (broad SMARTS) is 1. The zero-order chi connectivity index (χ0) is 19.9. The van der Waals surface area contributed by atoms with E-state index in [4.69, 9.17) is 5.73 Å². The summed E-state index contributed by atoms with van der Waals surface area (Å²) >= 11 is 0. The Hall–Kier alpha value is -3.33. The van der Waals surface area contributed by atoms with Crippen molar-refractivity contribution in [2.24, 2.45) is 5.73 Å². The summed E-state index contributed by atoms with van der Waals surface area (Å²) < 4.78 is 29.2. The predicted octanol–water partition coefficient (Wildman–Crippen LogP) is 2.23. The van der Waals surface area contributed by atoms with Gasteiger partial charge in [-0.3, -0.25) is 9.69 Å². The van der Waals surface area contributed by atoms with E-state index in [9.17, 15) is 23.5 Å². The second kappa shape index (κ2) is 6.76. The highest BCUT2D eigenvalue weighted by Gasteiger charge is 2.27. The number of amides is 1. The molecule has 3 aromatic rings. The number of carbonyl (C=O) groups is 2. The molecule has 1 atom stereocenters. The van der Waals surface area contributed by atoms with Gasteiger partial charge in [-0.15, -0.1) is 0 Å². The number of benzene rings is 2. The number of fused-ring (bicyclic) bond motifs is 1. The van der Waals surface area contributed by atoms with Crippen molar-refractivity contribution in [2.75, 3.05) is 14.1 Å². The van der Waals surface area contributed by atoms with Gasteiger partial charge in [-0.25, -0.2) is 18.3 Å². The number of hydrogen-bond acceptors (Lipinski definition) is 4. The SMILES string of the molecule is CN(C)C(C(N)=O)n1nc(-c2cccc(F)c2)c2cc(C(=O)O)c(F)cc21. The van der Waals surface area contributed by atoms with Crippen molar-refractivity contribution in [3.05, 3.63) is 53.6 Å². The topological polar surface area (TPSA) is 101 Å². The molecule has 0 radical (unpaired) electrons. The van der Waals surface area contributed by atoms with Crippen LogP contribution in [-0.4, -0.2) is 45.8 Å². The smallest absolute Gasteiger partial charge is 0.338 e. The Morgan fingerprint density at radius 1 is 1.22 bits per heavy atom. The summed E-state index contributed by atoms with van der Waals surface area (Å²) in [6.45, 7) is 0. The molecule has 0 aliphatic heterocycles. The van der Waals surface area contributed by atoms with Gasteiger partial charge in [-0.05, 0) is 32.3 Å². The van der Waals surface area contributed by atoms with Crippen LogP contribution < -0.4 is 5.73 Å². The van der Waals surface area contributed by atoms with Crippen LogP contribution in [0.25, 0.3) is 22.2 Å². The third-order valence-corrected chi connectivity index (χ3v) is 4.10. The number of carboxylic acids is 1. The summed E-state index contributed by atoms with van der Waals surface area (Å²) in [5.41, 5.74) is 5.62. The van der Waals surface area contributed by atoms with Gasteiger partial charge in [0.25, 0.3) is 5.91 Å². The highest BCUT2D eigenvalue weighted by molar-refractivity contribution is 6.00. The van der Waals surface area contributed by atoms with E-state index in [2.05, 4.69) is 5.10 Å². The molecule has 0 fully saturated rings. The normalized spacial score (nSPS) is 12.5. The Kier molecular flexibility index (Phi) is 4.63. The number of primary amides is 1. The molecule has 1 heterocycles. The van der Waals surface area contributed by atoms with Crippen LogP contribution in [0, 0.1) is 11.6 Å². The van der Waals surface area contributed by atoms with Crippen LogP contribution in [-0.2, 0) is 4.79 Å². The Labute approximate surface area is 152 Å². The second-order valence-electron chi connectivity index (χ2n) is 6.20. The molecule has 0 bridgehead atoms. The Balaban J connectivity index is 2.39. The van der Waals surface area contributed by atoms with Crippen molar-refractivity contribution in [1.82, 2.24) is 14.7 Å². The average Bonchev–Trinajstić information content (AvgIpc) is 2.91. The lowest BCUT2D eigenvalue weighted by Crippen LogP contribution is -2.37. The molecule has 3 N–H and O–H groups in total. The average molecular weight is 374 g/mol. The van der Waals surface area contributed by atoms with Gasteiger partial charge in [0.2, 0.25) is 0 Å². The maximum absolute atomic E-state index is 14.3. The minimum Gasteiger partial charge on any atom is -0.478 e. The van der Waals surface area contributed by atoms with Crippen molar-refractivity contribution in [2.45, 2.75) is 6.17 Å². The Morgan fingerprint density at radius 3 is 2.48 bits per heavy atom. The maximum atomic E-state index is 14.3. The predicted molar refractivity (Wildman–Crippen MR) is 94.0 cm³/mol. The monoisotopic (exact) mass is 374 g/mol. The fraction of sp³-hybridized carbons (Fsp3) is 0.167. The summed E-state index contributed by atoms with van der Waals surface area (Å²) in [7, 11) is 3.18. The van der Waals surface area contributed by atoms with E-state index in [1.807, 2.05) is 0 Å². The molecule has 0 aliphatic rings. The van der Waals surface area contributed by atoms with Crippen molar-refractivity contribution < 1.29 is 23.5 Å². The van der Waals surface area contributed by atoms with Gasteiger partial charge < -0.3 is 10.8 Å². The van der Waals surface area contributed by atoms with Gasteiger partial charge in [0, 0.05) is 17.0 Å². The molecule has 140 valence electrons. The maximum Gasteiger partial charge on any atom is 0.338 e. The molecule has 2 aromatic carbocycles. The molecule has 3 rings (SSSR count). The van der Waals surface area contributed by atoms with Crippen LogP contribution >= 0.6 is 0 Å². The standard InChI is InChI=1S/C18H16F2N4O3/c1-23(2)17(16(21)25)24-14-8-13(20)11(18(26)27)7-12(14)15(22-24)9-4-3-5-10(19)6-9/h3-8,17H,1-2H3,(H2,21,25)(H,26,27). The first-order valence-electron chi connectivity index (χ1n) is 7.87. The molecule has 0 saturated heterocycles. The highest BCUT2D eigenvalue weighted by Crippen LogP contribution is 2.32. The molecule has 0 spiro atoms. The van der Waals surface area contributed by atoms with E-state index in [1.165, 1.54) is 27.8 Å². The van der Waals surface area contributed by atoms with Gasteiger partial charge in [0.1, 0.15) is 17.3 Å². The van der Waals surface area contributed by atoms with Crippen LogP contribution in [0.1, 0.15) is 16.5 Å².